The highest BCUT2D eigenvalue weighted by molar-refractivity contribution is 5.81. The minimum Gasteiger partial charge on any atom is -0.491 e. The van der Waals surface area contributed by atoms with Crippen molar-refractivity contribution in [1.82, 2.24) is 10.3 Å². The molecule has 8 heteroatoms. The van der Waals surface area contributed by atoms with Gasteiger partial charge in [0.15, 0.2) is 0 Å². The van der Waals surface area contributed by atoms with Crippen molar-refractivity contribution in [3.8, 4) is 11.8 Å². The Hall–Kier alpha value is -2.64. The summed E-state index contributed by atoms with van der Waals surface area (Å²) >= 11 is 0. The minimum absolute atomic E-state index is 0.144. The van der Waals surface area contributed by atoms with Crippen LogP contribution in [0.4, 0.5) is 0 Å². The summed E-state index contributed by atoms with van der Waals surface area (Å²) in [6.07, 6.45) is 8.37. The number of carbonyl (C=O) groups excluding carboxylic acids is 2. The van der Waals surface area contributed by atoms with Crippen LogP contribution in [0, 0.1) is 10.8 Å². The summed E-state index contributed by atoms with van der Waals surface area (Å²) in [6.45, 7) is 10.5. The average molecular weight is 463 g/mol. The summed E-state index contributed by atoms with van der Waals surface area (Å²) < 4.78 is 9.78. The number of nitrogens with zero attached hydrogens (tertiary/aromatic N) is 2. The van der Waals surface area contributed by atoms with Gasteiger partial charge in [0.05, 0.1) is 11.1 Å². The molecule has 0 spiro atoms. The van der Waals surface area contributed by atoms with Crippen LogP contribution in [0.5, 0.6) is 11.8 Å². The third-order valence-corrected chi connectivity index (χ3v) is 6.13. The number of hydrogen-bond acceptors (Lipinski definition) is 8. The summed E-state index contributed by atoms with van der Waals surface area (Å²) in [5.74, 6) is -0.603. The van der Waals surface area contributed by atoms with Crippen LogP contribution in [0.15, 0.2) is 21.6 Å². The van der Waals surface area contributed by atoms with E-state index in [1.807, 2.05) is 13.8 Å². The number of ketones is 2. The lowest BCUT2D eigenvalue weighted by Gasteiger charge is -2.33. The van der Waals surface area contributed by atoms with Gasteiger partial charge in [0.25, 0.3) is 11.8 Å². The van der Waals surface area contributed by atoms with Gasteiger partial charge in [-0.3, -0.25) is 9.59 Å². The van der Waals surface area contributed by atoms with Crippen molar-refractivity contribution < 1.29 is 28.8 Å². The van der Waals surface area contributed by atoms with Crippen LogP contribution in [0.3, 0.4) is 0 Å². The zero-order valence-corrected chi connectivity index (χ0v) is 20.5. The maximum absolute atomic E-state index is 12.4. The van der Waals surface area contributed by atoms with E-state index in [9.17, 15) is 19.8 Å². The first-order valence-corrected chi connectivity index (χ1v) is 11.7. The number of aromatic hydroxyl groups is 2. The molecule has 2 aromatic heterocycles. The zero-order chi connectivity index (χ0) is 24.6. The Bertz CT molecular complexity index is 866. The molecular weight excluding hydrogens is 424 g/mol. The van der Waals surface area contributed by atoms with Gasteiger partial charge in [-0.15, -0.1) is 0 Å². The zero-order valence-electron chi connectivity index (χ0n) is 20.5. The topological polar surface area (TPSA) is 127 Å². The predicted octanol–water partition coefficient (Wildman–Crippen LogP) is 5.93. The van der Waals surface area contributed by atoms with E-state index in [0.717, 1.165) is 12.8 Å². The Balaban J connectivity index is 1.82. The lowest BCUT2D eigenvalue weighted by molar-refractivity contribution is -0.120. The Kier molecular flexibility index (Phi) is 9.25. The number of rotatable bonds is 14. The molecule has 0 aromatic carbocycles. The van der Waals surface area contributed by atoms with E-state index in [-0.39, 0.29) is 28.7 Å². The molecule has 184 valence electrons. The highest BCUT2D eigenvalue weighted by Crippen LogP contribution is 2.48. The minimum atomic E-state index is -0.476. The molecule has 2 heterocycles. The van der Waals surface area contributed by atoms with Crippen molar-refractivity contribution in [2.45, 2.75) is 98.3 Å². The molecule has 0 fully saturated rings. The first-order valence-electron chi connectivity index (χ1n) is 11.7. The first-order chi connectivity index (χ1) is 15.4. The van der Waals surface area contributed by atoms with Crippen LogP contribution in [0.25, 0.3) is 0 Å². The van der Waals surface area contributed by atoms with Gasteiger partial charge in [-0.05, 0) is 53.2 Å². The largest absolute Gasteiger partial charge is 0.491 e. The molecule has 0 aliphatic rings. The highest BCUT2D eigenvalue weighted by atomic mass is 16.5. The maximum atomic E-state index is 12.4. The molecule has 0 saturated carbocycles. The van der Waals surface area contributed by atoms with Gasteiger partial charge < -0.3 is 19.3 Å². The summed E-state index contributed by atoms with van der Waals surface area (Å²) in [5, 5.41) is 27.3. The Morgan fingerprint density at radius 2 is 1.21 bits per heavy atom. The second-order valence-corrected chi connectivity index (χ2v) is 10.8. The number of Topliss-reactive ketones (excluding diaryl/α,β-unsaturated/α-hetero) is 2. The SMILES string of the molecule is CC(C)(C)CCCC(=O)CCCC(=O)CCCC(C)(C)C(c1conc1O)c1conc1O. The highest BCUT2D eigenvalue weighted by Gasteiger charge is 2.38. The van der Waals surface area contributed by atoms with Crippen LogP contribution in [0.1, 0.15) is 109 Å². The Morgan fingerprint density at radius 3 is 1.61 bits per heavy atom. The third-order valence-electron chi connectivity index (χ3n) is 6.13. The third kappa shape index (κ3) is 8.33. The molecule has 0 unspecified atom stereocenters. The second kappa shape index (κ2) is 11.5. The van der Waals surface area contributed by atoms with E-state index in [1.165, 1.54) is 12.5 Å². The van der Waals surface area contributed by atoms with E-state index in [0.29, 0.717) is 56.1 Å². The normalized spacial score (nSPS) is 12.4. The molecule has 2 aromatic rings. The molecule has 0 aliphatic heterocycles. The Morgan fingerprint density at radius 1 is 0.788 bits per heavy atom. The van der Waals surface area contributed by atoms with Crippen molar-refractivity contribution in [2.75, 3.05) is 0 Å². The maximum Gasteiger partial charge on any atom is 0.255 e. The molecule has 0 bridgehead atoms. The van der Waals surface area contributed by atoms with Crippen molar-refractivity contribution in [3.05, 3.63) is 23.7 Å². The summed E-state index contributed by atoms with van der Waals surface area (Å²) in [4.78, 5) is 24.4. The summed E-state index contributed by atoms with van der Waals surface area (Å²) in [7, 11) is 0. The average Bonchev–Trinajstić information content (AvgIpc) is 3.29. The van der Waals surface area contributed by atoms with E-state index < -0.39 is 11.3 Å². The van der Waals surface area contributed by atoms with Gasteiger partial charge in [-0.25, -0.2) is 0 Å². The van der Waals surface area contributed by atoms with Crippen molar-refractivity contribution >= 4 is 11.6 Å². The molecule has 2 rings (SSSR count). The number of hydrogen-bond donors (Lipinski definition) is 2. The Labute approximate surface area is 195 Å². The van der Waals surface area contributed by atoms with Crippen LogP contribution < -0.4 is 0 Å². The molecular formula is C25H38N2O6. The molecule has 0 aliphatic carbocycles. The fourth-order valence-electron chi connectivity index (χ4n) is 4.31. The van der Waals surface area contributed by atoms with Gasteiger partial charge in [0.2, 0.25) is 0 Å². The monoisotopic (exact) mass is 462 g/mol. The predicted molar refractivity (Wildman–Crippen MR) is 123 cm³/mol. The first kappa shape index (κ1) is 26.6. The van der Waals surface area contributed by atoms with Crippen LogP contribution >= 0.6 is 0 Å². The lowest BCUT2D eigenvalue weighted by atomic mass is 9.69. The molecule has 0 amide bonds. The van der Waals surface area contributed by atoms with Crippen LogP contribution in [-0.2, 0) is 9.59 Å². The van der Waals surface area contributed by atoms with E-state index >= 15 is 0 Å². The standard InChI is InChI=1S/C25H38N2O6/c1-24(2,3)13-7-11-17(28)9-6-10-18(29)12-8-14-25(4,5)21(19-15-32-26-22(19)30)20-16-33-27-23(20)31/h15-16,21H,6-14H2,1-5H3,(H,26,30)(H,27,31). The smallest absolute Gasteiger partial charge is 0.255 e. The fourth-order valence-corrected chi connectivity index (χ4v) is 4.31. The van der Waals surface area contributed by atoms with Crippen LogP contribution in [0.2, 0.25) is 0 Å². The van der Waals surface area contributed by atoms with Crippen molar-refractivity contribution in [2.24, 2.45) is 10.8 Å². The number of aromatic nitrogens is 2. The van der Waals surface area contributed by atoms with Gasteiger partial charge in [0.1, 0.15) is 24.1 Å². The quantitative estimate of drug-likeness (QED) is 0.354. The molecule has 0 saturated heterocycles. The summed E-state index contributed by atoms with van der Waals surface area (Å²) in [6, 6.07) is 0. The summed E-state index contributed by atoms with van der Waals surface area (Å²) in [5.41, 5.74) is 0.627. The van der Waals surface area contributed by atoms with E-state index in [1.54, 1.807) is 0 Å². The van der Waals surface area contributed by atoms with Crippen LogP contribution in [-0.4, -0.2) is 32.1 Å². The van der Waals surface area contributed by atoms with E-state index in [2.05, 4.69) is 31.1 Å². The number of carbonyl (C=O) groups is 2. The second-order valence-electron chi connectivity index (χ2n) is 10.8. The molecule has 0 radical (unpaired) electrons. The van der Waals surface area contributed by atoms with Crippen molar-refractivity contribution in [3.63, 3.8) is 0 Å². The lowest BCUT2D eigenvalue weighted by Crippen LogP contribution is -2.23. The molecule has 2 N–H and O–H groups in total. The van der Waals surface area contributed by atoms with Gasteiger partial charge in [-0.1, -0.05) is 34.6 Å². The fraction of sp³-hybridized carbons (Fsp3) is 0.680. The van der Waals surface area contributed by atoms with Crippen molar-refractivity contribution in [1.29, 1.82) is 0 Å². The molecule has 8 nitrogen and oxygen atoms in total. The van der Waals surface area contributed by atoms with Gasteiger partial charge in [-0.2, -0.15) is 0 Å². The molecule has 0 atom stereocenters. The van der Waals surface area contributed by atoms with E-state index in [4.69, 9.17) is 9.05 Å². The van der Waals surface area contributed by atoms with Gasteiger partial charge >= 0.3 is 0 Å². The van der Waals surface area contributed by atoms with Gasteiger partial charge in [0, 0.05) is 31.6 Å². The molecule has 33 heavy (non-hydrogen) atoms.